The monoisotopic (exact) mass is 295 g/mol. The summed E-state index contributed by atoms with van der Waals surface area (Å²) in [5, 5.41) is 3.42. The number of ether oxygens (including phenoxy) is 4. The summed E-state index contributed by atoms with van der Waals surface area (Å²) in [6, 6.07) is 6.00. The summed E-state index contributed by atoms with van der Waals surface area (Å²) < 4.78 is 21.6. The molecule has 1 aromatic carbocycles. The summed E-state index contributed by atoms with van der Waals surface area (Å²) >= 11 is 0. The topological polar surface area (TPSA) is 49.0 Å². The molecule has 1 heterocycles. The molecular weight excluding hydrogens is 270 g/mol. The summed E-state index contributed by atoms with van der Waals surface area (Å²) in [6.45, 7) is 3.33. The molecule has 1 saturated heterocycles. The molecule has 0 saturated carbocycles. The Hall–Kier alpha value is -1.30. The van der Waals surface area contributed by atoms with Gasteiger partial charge in [-0.2, -0.15) is 0 Å². The molecule has 21 heavy (non-hydrogen) atoms. The van der Waals surface area contributed by atoms with E-state index < -0.39 is 0 Å². The second kappa shape index (κ2) is 8.22. The number of hydrogen-bond donors (Lipinski definition) is 1. The maximum absolute atomic E-state index is 5.91. The molecule has 0 spiro atoms. The molecule has 1 fully saturated rings. The van der Waals surface area contributed by atoms with Gasteiger partial charge in [-0.15, -0.1) is 0 Å². The highest BCUT2D eigenvalue weighted by molar-refractivity contribution is 5.43. The minimum absolute atomic E-state index is 0.111. The Labute approximate surface area is 126 Å². The molecule has 1 aliphatic rings. The van der Waals surface area contributed by atoms with Crippen molar-refractivity contribution < 1.29 is 18.9 Å². The first kappa shape index (κ1) is 16.1. The van der Waals surface area contributed by atoms with E-state index in [1.54, 1.807) is 21.3 Å². The molecule has 118 valence electrons. The summed E-state index contributed by atoms with van der Waals surface area (Å²) in [6.07, 6.45) is 1.18. The molecule has 2 rings (SSSR count). The third kappa shape index (κ3) is 4.09. The van der Waals surface area contributed by atoms with Gasteiger partial charge in [-0.1, -0.05) is 6.07 Å². The maximum atomic E-state index is 5.91. The quantitative estimate of drug-likeness (QED) is 0.744. The molecule has 5 heteroatoms. The van der Waals surface area contributed by atoms with Crippen LogP contribution in [0.4, 0.5) is 0 Å². The smallest absolute Gasteiger partial charge is 0.161 e. The van der Waals surface area contributed by atoms with Gasteiger partial charge in [-0.3, -0.25) is 0 Å². The van der Waals surface area contributed by atoms with E-state index in [-0.39, 0.29) is 6.10 Å². The molecular formula is C16H25NO4. The SMILES string of the molecule is COCCNCC1CCOC1c1ccc(OC)c(OC)c1. The average molecular weight is 295 g/mol. The highest BCUT2D eigenvalue weighted by atomic mass is 16.5. The van der Waals surface area contributed by atoms with Crippen molar-refractivity contribution in [2.45, 2.75) is 12.5 Å². The van der Waals surface area contributed by atoms with E-state index in [1.165, 1.54) is 0 Å². The third-order valence-electron chi connectivity index (χ3n) is 3.84. The Morgan fingerprint density at radius 3 is 2.71 bits per heavy atom. The van der Waals surface area contributed by atoms with Crippen LogP contribution in [0.5, 0.6) is 11.5 Å². The Balaban J connectivity index is 2.02. The van der Waals surface area contributed by atoms with Crippen LogP contribution < -0.4 is 14.8 Å². The van der Waals surface area contributed by atoms with Gasteiger partial charge in [0.15, 0.2) is 11.5 Å². The fourth-order valence-electron chi connectivity index (χ4n) is 2.70. The van der Waals surface area contributed by atoms with Crippen molar-refractivity contribution in [3.8, 4) is 11.5 Å². The van der Waals surface area contributed by atoms with E-state index in [0.29, 0.717) is 5.92 Å². The average Bonchev–Trinajstić information content (AvgIpc) is 2.99. The summed E-state index contributed by atoms with van der Waals surface area (Å²) in [4.78, 5) is 0. The predicted octanol–water partition coefficient (Wildman–Crippen LogP) is 2.02. The molecule has 1 aliphatic heterocycles. The van der Waals surface area contributed by atoms with E-state index in [9.17, 15) is 0 Å². The van der Waals surface area contributed by atoms with E-state index >= 15 is 0 Å². The first-order valence-corrected chi connectivity index (χ1v) is 7.33. The summed E-state index contributed by atoms with van der Waals surface area (Å²) in [7, 11) is 5.01. The molecule has 1 aromatic rings. The molecule has 0 aliphatic carbocycles. The zero-order chi connectivity index (χ0) is 15.1. The largest absolute Gasteiger partial charge is 0.493 e. The van der Waals surface area contributed by atoms with Gasteiger partial charge in [0.2, 0.25) is 0 Å². The summed E-state index contributed by atoms with van der Waals surface area (Å²) in [5.41, 5.74) is 1.14. The molecule has 0 radical (unpaired) electrons. The second-order valence-electron chi connectivity index (χ2n) is 5.15. The van der Waals surface area contributed by atoms with Crippen LogP contribution in [0.3, 0.4) is 0 Å². The Morgan fingerprint density at radius 1 is 1.19 bits per heavy atom. The fourth-order valence-corrected chi connectivity index (χ4v) is 2.70. The van der Waals surface area contributed by atoms with E-state index in [2.05, 4.69) is 11.4 Å². The van der Waals surface area contributed by atoms with Gasteiger partial charge in [0.1, 0.15) is 0 Å². The lowest BCUT2D eigenvalue weighted by molar-refractivity contribution is 0.0896. The molecule has 0 aromatic heterocycles. The van der Waals surface area contributed by atoms with Crippen molar-refractivity contribution in [2.24, 2.45) is 5.92 Å². The Bertz CT molecular complexity index is 438. The van der Waals surface area contributed by atoms with Crippen LogP contribution >= 0.6 is 0 Å². The molecule has 2 unspecified atom stereocenters. The number of rotatable bonds is 8. The highest BCUT2D eigenvalue weighted by Gasteiger charge is 2.29. The minimum atomic E-state index is 0.111. The van der Waals surface area contributed by atoms with Gasteiger partial charge >= 0.3 is 0 Å². The van der Waals surface area contributed by atoms with Crippen LogP contribution in [0.15, 0.2) is 18.2 Å². The fraction of sp³-hybridized carbons (Fsp3) is 0.625. The lowest BCUT2D eigenvalue weighted by atomic mass is 9.95. The highest BCUT2D eigenvalue weighted by Crippen LogP contribution is 2.38. The molecule has 0 bridgehead atoms. The zero-order valence-electron chi connectivity index (χ0n) is 13.1. The zero-order valence-corrected chi connectivity index (χ0v) is 13.1. The first-order valence-electron chi connectivity index (χ1n) is 7.33. The van der Waals surface area contributed by atoms with Gasteiger partial charge in [-0.05, 0) is 24.1 Å². The van der Waals surface area contributed by atoms with Crippen molar-refractivity contribution in [2.75, 3.05) is 47.6 Å². The van der Waals surface area contributed by atoms with E-state index in [4.69, 9.17) is 18.9 Å². The van der Waals surface area contributed by atoms with Crippen molar-refractivity contribution in [1.82, 2.24) is 5.32 Å². The number of hydrogen-bond acceptors (Lipinski definition) is 5. The van der Waals surface area contributed by atoms with E-state index in [0.717, 1.165) is 49.8 Å². The van der Waals surface area contributed by atoms with Gasteiger partial charge in [0.05, 0.1) is 26.9 Å². The lowest BCUT2D eigenvalue weighted by Crippen LogP contribution is -2.27. The summed E-state index contributed by atoms with van der Waals surface area (Å²) in [5.74, 6) is 1.96. The van der Waals surface area contributed by atoms with Gasteiger partial charge < -0.3 is 24.3 Å². The minimum Gasteiger partial charge on any atom is -0.493 e. The Kier molecular flexibility index (Phi) is 6.29. The van der Waals surface area contributed by atoms with Crippen LogP contribution in [-0.4, -0.2) is 47.6 Å². The Morgan fingerprint density at radius 2 is 2.00 bits per heavy atom. The third-order valence-corrected chi connectivity index (χ3v) is 3.84. The van der Waals surface area contributed by atoms with Gasteiger partial charge in [0, 0.05) is 32.7 Å². The van der Waals surface area contributed by atoms with Crippen molar-refractivity contribution >= 4 is 0 Å². The maximum Gasteiger partial charge on any atom is 0.161 e. The van der Waals surface area contributed by atoms with Crippen LogP contribution in [-0.2, 0) is 9.47 Å². The molecule has 0 amide bonds. The van der Waals surface area contributed by atoms with Crippen LogP contribution in [0.25, 0.3) is 0 Å². The molecule has 5 nitrogen and oxygen atoms in total. The van der Waals surface area contributed by atoms with Crippen LogP contribution in [0.2, 0.25) is 0 Å². The second-order valence-corrected chi connectivity index (χ2v) is 5.15. The number of methoxy groups -OCH3 is 3. The van der Waals surface area contributed by atoms with Gasteiger partial charge in [-0.25, -0.2) is 0 Å². The lowest BCUT2D eigenvalue weighted by Gasteiger charge is -2.20. The van der Waals surface area contributed by atoms with Crippen molar-refractivity contribution in [3.63, 3.8) is 0 Å². The van der Waals surface area contributed by atoms with Crippen LogP contribution in [0.1, 0.15) is 18.1 Å². The predicted molar refractivity (Wildman–Crippen MR) is 81.1 cm³/mol. The molecule has 1 N–H and O–H groups in total. The van der Waals surface area contributed by atoms with E-state index in [1.807, 2.05) is 12.1 Å². The normalized spacial score (nSPS) is 21.5. The van der Waals surface area contributed by atoms with Crippen LogP contribution in [0, 0.1) is 5.92 Å². The number of benzene rings is 1. The standard InChI is InChI=1S/C16H25NO4/c1-18-9-7-17-11-13-6-8-21-16(13)12-4-5-14(19-2)15(10-12)20-3/h4-5,10,13,16-17H,6-9,11H2,1-3H3. The first-order chi connectivity index (χ1) is 10.3. The molecule has 2 atom stereocenters. The number of nitrogens with one attached hydrogen (secondary N) is 1. The van der Waals surface area contributed by atoms with Crippen molar-refractivity contribution in [3.05, 3.63) is 23.8 Å². The van der Waals surface area contributed by atoms with Gasteiger partial charge in [0.25, 0.3) is 0 Å². The van der Waals surface area contributed by atoms with Crippen molar-refractivity contribution in [1.29, 1.82) is 0 Å².